The molecular formula is C59H70Cl2N8O12S3. The molecule has 20 nitrogen and oxygen atoms in total. The molecule has 2 heterocycles. The predicted molar refractivity (Wildman–Crippen MR) is 325 cm³/mol. The lowest BCUT2D eigenvalue weighted by Crippen LogP contribution is -2.38. The van der Waals surface area contributed by atoms with Crippen LogP contribution in [0.1, 0.15) is 68.1 Å². The molecule has 9 rings (SSSR count). The summed E-state index contributed by atoms with van der Waals surface area (Å²) in [6.45, 7) is 3.72. The molecule has 1 aliphatic carbocycles. The van der Waals surface area contributed by atoms with Gasteiger partial charge in [-0.2, -0.15) is 0 Å². The SMILES string of the molecule is CN1CCCC(Oc2ccc(CC(=O)Nc3cccc(S(N)(=O)=O)c3)cc2)C1.CN1CCCC(Oc2ccc(NC(=O)Cc3ccccc3Cl)cc2S(N)(=O)=O)C1.NS(=O)(=O)c1cc(NC(=O)Cc2ccccc2Cl)ccc1OC1CCCC1. The van der Waals surface area contributed by atoms with E-state index in [2.05, 4.69) is 32.8 Å². The number of ether oxygens (including phenoxy) is 3. The molecule has 450 valence electrons. The lowest BCUT2D eigenvalue weighted by molar-refractivity contribution is -0.116. The first-order valence-corrected chi connectivity index (χ1v) is 32.5. The van der Waals surface area contributed by atoms with E-state index in [4.69, 9.17) is 52.8 Å². The van der Waals surface area contributed by atoms with E-state index in [9.17, 15) is 39.6 Å². The van der Waals surface area contributed by atoms with Crippen molar-refractivity contribution in [3.63, 3.8) is 0 Å². The molecule has 1 saturated carbocycles. The second-order valence-electron chi connectivity index (χ2n) is 20.8. The normalized spacial score (nSPS) is 16.8. The van der Waals surface area contributed by atoms with Crippen LogP contribution >= 0.6 is 23.2 Å². The number of amides is 3. The van der Waals surface area contributed by atoms with Crippen LogP contribution in [-0.2, 0) is 63.7 Å². The van der Waals surface area contributed by atoms with Gasteiger partial charge >= 0.3 is 0 Å². The van der Waals surface area contributed by atoms with E-state index < -0.39 is 30.1 Å². The molecule has 2 aliphatic heterocycles. The van der Waals surface area contributed by atoms with Gasteiger partial charge in [-0.3, -0.25) is 14.4 Å². The lowest BCUT2D eigenvalue weighted by atomic mass is 10.1. The van der Waals surface area contributed by atoms with E-state index in [1.807, 2.05) is 31.3 Å². The first-order chi connectivity index (χ1) is 39.8. The van der Waals surface area contributed by atoms with Crippen molar-refractivity contribution in [1.82, 2.24) is 9.80 Å². The highest BCUT2D eigenvalue weighted by Gasteiger charge is 2.26. The molecular weight excluding hydrogens is 1180 g/mol. The maximum Gasteiger partial charge on any atom is 0.241 e. The zero-order valence-electron chi connectivity index (χ0n) is 46.5. The van der Waals surface area contributed by atoms with Crippen LogP contribution in [0.25, 0.3) is 0 Å². The summed E-state index contributed by atoms with van der Waals surface area (Å²) in [4.78, 5) is 40.9. The summed E-state index contributed by atoms with van der Waals surface area (Å²) in [5.41, 5.74) is 3.24. The number of nitrogens with two attached hydrogens (primary N) is 3. The quantitative estimate of drug-likeness (QED) is 0.0474. The van der Waals surface area contributed by atoms with E-state index in [1.165, 1.54) is 42.5 Å². The van der Waals surface area contributed by atoms with Crippen LogP contribution in [-0.4, -0.2) is 111 Å². The fourth-order valence-electron chi connectivity index (χ4n) is 9.67. The number of hydrogen-bond acceptors (Lipinski definition) is 14. The smallest absolute Gasteiger partial charge is 0.241 e. The second kappa shape index (κ2) is 29.9. The van der Waals surface area contributed by atoms with E-state index >= 15 is 0 Å². The molecule has 6 aromatic carbocycles. The molecule has 84 heavy (non-hydrogen) atoms. The third-order valence-corrected chi connectivity index (χ3v) is 17.3. The maximum atomic E-state index is 12.3. The highest BCUT2D eigenvalue weighted by atomic mass is 35.5. The summed E-state index contributed by atoms with van der Waals surface area (Å²) in [7, 11) is -7.75. The fraction of sp³-hybridized carbons (Fsp3) is 0.339. The van der Waals surface area contributed by atoms with Crippen molar-refractivity contribution in [2.45, 2.75) is 104 Å². The van der Waals surface area contributed by atoms with Crippen molar-refractivity contribution in [3.05, 3.63) is 160 Å². The molecule has 6 aromatic rings. The number of likely N-dealkylation sites (N-methyl/N-ethyl adjacent to an activating group) is 2. The number of hydrogen-bond donors (Lipinski definition) is 6. The average Bonchev–Trinajstić information content (AvgIpc) is 4.07. The van der Waals surface area contributed by atoms with Crippen LogP contribution in [0, 0.1) is 0 Å². The Bertz CT molecular complexity index is 3610. The van der Waals surface area contributed by atoms with Crippen LogP contribution in [0.5, 0.6) is 17.2 Å². The first-order valence-electron chi connectivity index (χ1n) is 27.1. The highest BCUT2D eigenvalue weighted by Crippen LogP contribution is 2.32. The summed E-state index contributed by atoms with van der Waals surface area (Å²) < 4.78 is 88.7. The Balaban J connectivity index is 0.000000181. The number of primary sulfonamides is 3. The molecule has 3 amide bonds. The number of nitrogens with one attached hydrogen (secondary N) is 3. The molecule has 0 aromatic heterocycles. The van der Waals surface area contributed by atoms with E-state index in [0.29, 0.717) is 44.8 Å². The van der Waals surface area contributed by atoms with Gasteiger partial charge in [-0.05, 0) is 174 Å². The van der Waals surface area contributed by atoms with Gasteiger partial charge in [0.25, 0.3) is 0 Å². The van der Waals surface area contributed by atoms with Gasteiger partial charge < -0.3 is 40.0 Å². The highest BCUT2D eigenvalue weighted by molar-refractivity contribution is 7.89. The van der Waals surface area contributed by atoms with Crippen LogP contribution in [0.4, 0.5) is 17.1 Å². The predicted octanol–water partition coefficient (Wildman–Crippen LogP) is 8.12. The second-order valence-corrected chi connectivity index (χ2v) is 26.2. The minimum absolute atomic E-state index is 0.00818. The molecule has 2 saturated heterocycles. The number of carbonyl (C=O) groups is 3. The van der Waals surface area contributed by atoms with Gasteiger partial charge in [0.05, 0.1) is 30.3 Å². The van der Waals surface area contributed by atoms with Crippen molar-refractivity contribution in [2.75, 3.05) is 56.2 Å². The monoisotopic (exact) mass is 1250 g/mol. The average molecular weight is 1250 g/mol. The van der Waals surface area contributed by atoms with Gasteiger partial charge in [0, 0.05) is 40.2 Å². The molecule has 2 unspecified atom stereocenters. The van der Waals surface area contributed by atoms with Crippen molar-refractivity contribution >= 4 is 88.1 Å². The fourth-order valence-corrected chi connectivity index (χ4v) is 12.0. The Morgan fingerprint density at radius 2 is 0.917 bits per heavy atom. The first kappa shape index (κ1) is 64.9. The summed E-state index contributed by atoms with van der Waals surface area (Å²) in [5.74, 6) is 0.332. The number of benzene rings is 6. The minimum atomic E-state index is -4.03. The van der Waals surface area contributed by atoms with Gasteiger partial charge in [0.15, 0.2) is 0 Å². The molecule has 3 aliphatic rings. The van der Waals surface area contributed by atoms with Gasteiger partial charge in [-0.25, -0.2) is 40.7 Å². The summed E-state index contributed by atoms with van der Waals surface area (Å²) in [6, 6.07) is 36.3. The molecule has 0 radical (unpaired) electrons. The summed E-state index contributed by atoms with van der Waals surface area (Å²) in [6.07, 6.45) is 8.27. The van der Waals surface area contributed by atoms with E-state index in [1.54, 1.807) is 66.7 Å². The molecule has 3 fully saturated rings. The van der Waals surface area contributed by atoms with Gasteiger partial charge in [-0.15, -0.1) is 0 Å². The van der Waals surface area contributed by atoms with Gasteiger partial charge in [0.2, 0.25) is 47.8 Å². The van der Waals surface area contributed by atoms with Gasteiger partial charge in [-0.1, -0.05) is 77.8 Å². The van der Waals surface area contributed by atoms with Crippen LogP contribution in [0.3, 0.4) is 0 Å². The largest absolute Gasteiger partial charge is 0.489 e. The summed E-state index contributed by atoms with van der Waals surface area (Å²) in [5, 5.41) is 24.9. The molecule has 25 heteroatoms. The van der Waals surface area contributed by atoms with Crippen molar-refractivity contribution in [1.29, 1.82) is 0 Å². The Morgan fingerprint density at radius 1 is 0.488 bits per heavy atom. The third kappa shape index (κ3) is 20.6. The summed E-state index contributed by atoms with van der Waals surface area (Å²) >= 11 is 12.1. The zero-order chi connectivity index (χ0) is 60.6. The number of anilines is 3. The van der Waals surface area contributed by atoms with E-state index in [0.717, 1.165) is 82.3 Å². The minimum Gasteiger partial charge on any atom is -0.489 e. The van der Waals surface area contributed by atoms with Crippen molar-refractivity contribution in [2.24, 2.45) is 15.4 Å². The Hall–Kier alpha value is -6.64. The third-order valence-electron chi connectivity index (χ3n) is 13.8. The number of sulfonamides is 3. The number of rotatable bonds is 18. The molecule has 2 atom stereocenters. The van der Waals surface area contributed by atoms with Crippen molar-refractivity contribution in [3.8, 4) is 17.2 Å². The van der Waals surface area contributed by atoms with E-state index in [-0.39, 0.29) is 81.5 Å². The number of piperidine rings is 2. The Labute approximate surface area is 501 Å². The lowest BCUT2D eigenvalue weighted by Gasteiger charge is -2.30. The zero-order valence-corrected chi connectivity index (χ0v) is 50.5. The Kier molecular flexibility index (Phi) is 23.1. The molecule has 9 N–H and O–H groups in total. The van der Waals surface area contributed by atoms with Crippen LogP contribution in [0.2, 0.25) is 10.0 Å². The van der Waals surface area contributed by atoms with Gasteiger partial charge in [0.1, 0.15) is 39.2 Å². The number of likely N-dealkylation sites (tertiary alicyclic amines) is 2. The number of carbonyl (C=O) groups excluding carboxylic acids is 3. The number of halogens is 2. The number of nitrogens with zero attached hydrogens (tertiary/aromatic N) is 2. The van der Waals surface area contributed by atoms with Crippen LogP contribution < -0.4 is 45.6 Å². The molecule has 0 spiro atoms. The van der Waals surface area contributed by atoms with Crippen LogP contribution in [0.15, 0.2) is 148 Å². The molecule has 0 bridgehead atoms. The Morgan fingerprint density at radius 3 is 1.37 bits per heavy atom. The van der Waals surface area contributed by atoms with Crippen molar-refractivity contribution < 1.29 is 53.8 Å². The standard InChI is InChI=1S/C20H24ClN3O4S.C20H25N3O4S.C19H21ClN2O4S/c1-24-10-4-6-16(13-24)28-18-9-8-15(12-19(18)29(22,26)27)23-20(25)11-14-5-2-3-7-17(14)21;1-23-11-3-5-18(14-23)27-17-9-7-15(8-10-17)12-20(24)22-16-4-2-6-19(13-16)28(21,25)26;20-16-8-4-1-5-13(16)11-19(23)22-14-9-10-17(18(12-14)27(21,24)25)26-15-6-2-3-7-15/h2-3,5,7-9,12,16H,4,6,10-11,13H2,1H3,(H,23,25)(H2,22,26,27);2,4,6-10,13,18H,3,5,11-12,14H2,1H3,(H,22,24)(H2,21,25,26);1,4-5,8-10,12,15H,2-3,6-7,11H2,(H,22,23)(H2,21,24,25). The topological polar surface area (TPSA) is 302 Å². The maximum absolute atomic E-state index is 12.3.